The lowest BCUT2D eigenvalue weighted by atomic mass is 10.0. The third-order valence-corrected chi connectivity index (χ3v) is 6.97. The minimum absolute atomic E-state index is 0.680. The summed E-state index contributed by atoms with van der Waals surface area (Å²) in [5.41, 5.74) is 2.68. The molecule has 2 aromatic rings. The predicted octanol–water partition coefficient (Wildman–Crippen LogP) is 2.29. The monoisotopic (exact) mass is 421 g/mol. The second-order valence-electron chi connectivity index (χ2n) is 9.39. The lowest BCUT2D eigenvalue weighted by molar-refractivity contribution is 0.0812. The molecule has 2 saturated heterocycles. The van der Waals surface area contributed by atoms with Gasteiger partial charge in [0.1, 0.15) is 6.61 Å². The second kappa shape index (κ2) is 9.55. The van der Waals surface area contributed by atoms with E-state index in [1.807, 2.05) is 12.3 Å². The zero-order valence-corrected chi connectivity index (χ0v) is 18.6. The summed E-state index contributed by atoms with van der Waals surface area (Å²) in [6.45, 7) is 9.53. The summed E-state index contributed by atoms with van der Waals surface area (Å²) in [6.07, 6.45) is 3.24. The van der Waals surface area contributed by atoms with E-state index in [0.717, 1.165) is 57.0 Å². The summed E-state index contributed by atoms with van der Waals surface area (Å²) in [4.78, 5) is 11.8. The lowest BCUT2D eigenvalue weighted by Crippen LogP contribution is -2.52. The van der Waals surface area contributed by atoms with Crippen molar-refractivity contribution >= 4 is 5.69 Å². The number of ether oxygens (including phenoxy) is 1. The number of nitrogens with zero attached hydrogens (tertiary/aromatic N) is 4. The normalized spacial score (nSPS) is 24.7. The number of pyridine rings is 1. The number of likely N-dealkylation sites (N-methyl/N-ethyl adjacent to an activating group) is 1. The van der Waals surface area contributed by atoms with Crippen molar-refractivity contribution in [1.82, 2.24) is 20.1 Å². The van der Waals surface area contributed by atoms with Gasteiger partial charge in [-0.1, -0.05) is 30.3 Å². The highest BCUT2D eigenvalue weighted by atomic mass is 16.5. The van der Waals surface area contributed by atoms with Gasteiger partial charge in [0.25, 0.3) is 0 Å². The van der Waals surface area contributed by atoms with Gasteiger partial charge in [-0.3, -0.25) is 4.90 Å². The van der Waals surface area contributed by atoms with Crippen LogP contribution in [-0.4, -0.2) is 86.8 Å². The first-order chi connectivity index (χ1) is 15.2. The van der Waals surface area contributed by atoms with Gasteiger partial charge < -0.3 is 19.9 Å². The van der Waals surface area contributed by atoms with E-state index in [4.69, 9.17) is 4.74 Å². The molecule has 1 N–H and O–H groups in total. The first-order valence-corrected chi connectivity index (χ1v) is 11.8. The Morgan fingerprint density at radius 1 is 1.03 bits per heavy atom. The van der Waals surface area contributed by atoms with E-state index >= 15 is 0 Å². The summed E-state index contributed by atoms with van der Waals surface area (Å²) in [5, 5.41) is 3.77. The van der Waals surface area contributed by atoms with Crippen molar-refractivity contribution in [2.24, 2.45) is 5.92 Å². The van der Waals surface area contributed by atoms with Gasteiger partial charge >= 0.3 is 0 Å². The summed E-state index contributed by atoms with van der Waals surface area (Å²) >= 11 is 0. The maximum Gasteiger partial charge on any atom is 0.213 e. The summed E-state index contributed by atoms with van der Waals surface area (Å²) < 4.78 is 5.88. The Hall–Kier alpha value is -2.15. The molecule has 2 aliphatic heterocycles. The highest BCUT2D eigenvalue weighted by molar-refractivity contribution is 5.45. The summed E-state index contributed by atoms with van der Waals surface area (Å²) in [7, 11) is 2.18. The largest absolute Gasteiger partial charge is 0.476 e. The number of piperazine rings is 1. The van der Waals surface area contributed by atoms with Crippen LogP contribution in [0.2, 0.25) is 0 Å². The fourth-order valence-electron chi connectivity index (χ4n) is 4.78. The van der Waals surface area contributed by atoms with Crippen LogP contribution < -0.4 is 15.0 Å². The summed E-state index contributed by atoms with van der Waals surface area (Å²) in [5.74, 6) is 2.23. The molecule has 1 saturated carbocycles. The van der Waals surface area contributed by atoms with Gasteiger partial charge in [0, 0.05) is 70.4 Å². The van der Waals surface area contributed by atoms with E-state index in [9.17, 15) is 0 Å². The molecule has 6 heteroatoms. The predicted molar refractivity (Wildman–Crippen MR) is 125 cm³/mol. The first-order valence-electron chi connectivity index (χ1n) is 11.8. The highest BCUT2D eigenvalue weighted by Gasteiger charge is 2.38. The number of rotatable bonds is 9. The van der Waals surface area contributed by atoms with Gasteiger partial charge in [-0.2, -0.15) is 0 Å². The highest BCUT2D eigenvalue weighted by Crippen LogP contribution is 2.40. The molecule has 0 amide bonds. The van der Waals surface area contributed by atoms with Crippen molar-refractivity contribution < 1.29 is 4.74 Å². The maximum absolute atomic E-state index is 5.88. The average molecular weight is 422 g/mol. The number of benzene rings is 1. The molecule has 31 heavy (non-hydrogen) atoms. The third-order valence-electron chi connectivity index (χ3n) is 6.97. The zero-order chi connectivity index (χ0) is 21.0. The molecular weight excluding hydrogens is 386 g/mol. The minimum atomic E-state index is 0.680. The SMILES string of the molecule is CN1CCN(c2ccc(OCCN3CC(CNC4CC4c4ccccc4)C3)nc2)CC1. The van der Waals surface area contributed by atoms with Crippen LogP contribution in [-0.2, 0) is 0 Å². The maximum atomic E-state index is 5.88. The number of anilines is 1. The molecule has 0 radical (unpaired) electrons. The molecule has 3 fully saturated rings. The van der Waals surface area contributed by atoms with E-state index < -0.39 is 0 Å². The fourth-order valence-corrected chi connectivity index (χ4v) is 4.78. The second-order valence-corrected chi connectivity index (χ2v) is 9.39. The smallest absolute Gasteiger partial charge is 0.213 e. The number of hydrogen-bond acceptors (Lipinski definition) is 6. The van der Waals surface area contributed by atoms with Crippen molar-refractivity contribution in [3.63, 3.8) is 0 Å². The van der Waals surface area contributed by atoms with Gasteiger partial charge in [-0.25, -0.2) is 4.98 Å². The summed E-state index contributed by atoms with van der Waals surface area (Å²) in [6, 6.07) is 15.7. The number of hydrogen-bond donors (Lipinski definition) is 1. The first kappa shape index (κ1) is 20.7. The molecule has 0 bridgehead atoms. The average Bonchev–Trinajstić information content (AvgIpc) is 3.56. The van der Waals surface area contributed by atoms with Crippen LogP contribution in [0.4, 0.5) is 5.69 Å². The van der Waals surface area contributed by atoms with Crippen molar-refractivity contribution in [3.05, 3.63) is 54.2 Å². The number of likely N-dealkylation sites (tertiary alicyclic amines) is 1. The van der Waals surface area contributed by atoms with Crippen LogP contribution in [0.25, 0.3) is 0 Å². The van der Waals surface area contributed by atoms with E-state index in [1.165, 1.54) is 30.8 Å². The zero-order valence-electron chi connectivity index (χ0n) is 18.6. The van der Waals surface area contributed by atoms with Crippen molar-refractivity contribution in [2.45, 2.75) is 18.4 Å². The van der Waals surface area contributed by atoms with Gasteiger partial charge in [-0.05, 0) is 31.0 Å². The van der Waals surface area contributed by atoms with Crippen LogP contribution in [0.15, 0.2) is 48.7 Å². The number of aromatic nitrogens is 1. The minimum Gasteiger partial charge on any atom is -0.476 e. The van der Waals surface area contributed by atoms with Crippen molar-refractivity contribution in [1.29, 1.82) is 0 Å². The third kappa shape index (κ3) is 5.37. The Morgan fingerprint density at radius 2 is 1.84 bits per heavy atom. The van der Waals surface area contributed by atoms with Crippen molar-refractivity contribution in [3.8, 4) is 5.88 Å². The van der Waals surface area contributed by atoms with Gasteiger partial charge in [-0.15, -0.1) is 0 Å². The quantitative estimate of drug-likeness (QED) is 0.670. The van der Waals surface area contributed by atoms with E-state index in [1.54, 1.807) is 0 Å². The molecule has 1 aliphatic carbocycles. The van der Waals surface area contributed by atoms with Crippen LogP contribution in [0.1, 0.15) is 17.9 Å². The molecule has 5 rings (SSSR count). The van der Waals surface area contributed by atoms with E-state index in [2.05, 4.69) is 68.4 Å². The van der Waals surface area contributed by atoms with Crippen LogP contribution >= 0.6 is 0 Å². The molecule has 1 aromatic carbocycles. The van der Waals surface area contributed by atoms with Crippen LogP contribution in [0.5, 0.6) is 5.88 Å². The Bertz CT molecular complexity index is 816. The molecule has 2 unspecified atom stereocenters. The van der Waals surface area contributed by atoms with Gasteiger partial charge in [0.2, 0.25) is 5.88 Å². The Morgan fingerprint density at radius 3 is 2.58 bits per heavy atom. The standard InChI is InChI=1S/C25H35N5O/c1-28-9-11-30(12-10-28)22-7-8-25(27-17-22)31-14-13-29-18-20(19-29)16-26-24-15-23(24)21-5-3-2-4-6-21/h2-8,17,20,23-24,26H,9-16,18-19H2,1H3. The fraction of sp³-hybridized carbons (Fsp3) is 0.560. The lowest BCUT2D eigenvalue weighted by Gasteiger charge is -2.39. The molecule has 166 valence electrons. The molecule has 1 aromatic heterocycles. The van der Waals surface area contributed by atoms with E-state index in [0.29, 0.717) is 12.6 Å². The molecule has 6 nitrogen and oxygen atoms in total. The van der Waals surface area contributed by atoms with Crippen LogP contribution in [0.3, 0.4) is 0 Å². The Labute approximate surface area is 186 Å². The number of nitrogens with one attached hydrogen (secondary N) is 1. The van der Waals surface area contributed by atoms with Gasteiger partial charge in [0.05, 0.1) is 11.9 Å². The molecule has 3 aliphatic rings. The van der Waals surface area contributed by atoms with E-state index in [-0.39, 0.29) is 0 Å². The topological polar surface area (TPSA) is 43.9 Å². The molecule has 2 atom stereocenters. The molecular formula is C25H35N5O. The Balaban J connectivity index is 0.945. The molecule has 0 spiro atoms. The van der Waals surface area contributed by atoms with Crippen LogP contribution in [0, 0.1) is 5.92 Å². The Kier molecular flexibility index (Phi) is 6.39. The van der Waals surface area contributed by atoms with Gasteiger partial charge in [0.15, 0.2) is 0 Å². The van der Waals surface area contributed by atoms with Crippen molar-refractivity contribution in [2.75, 3.05) is 70.9 Å². The molecule has 3 heterocycles.